The smallest absolute Gasteiger partial charge is 0.187 e. The van der Waals surface area contributed by atoms with E-state index < -0.39 is 410 Å². The SMILES string of the molecule is OC[C@H]1O[C@@H](O[C@H]2[C@H](O)[C@@H](O)[C@H](OC[C@H]3O[C@@H]4O[C@H]5[C@H](O)[C@@H](O)[C@@H](O[C@H]6[C@H](O)[C@@H](O)[C@@H](O[C@H]7[C@H](O)[C@@H](O)[C@@H](O[C@H]8[C@H](O)[C@@H](O)[C@@H](O[C@H]9[C@H](O)[C@H](O)[C@@H](O[C@H]%10[C@H](O)[C@H](O)[C@@H](O[C@H]3[C@H](O)[C@H]4O)O[C@@H]%10CO)O[C@@H]9CO)O[C@@H]8CO[C@@H]3O[C@H](CO)[C@@H](O[C@@H]4O[C@H](CO)[C@H](O)[C@H](O)[C@H]4O)[C@H](O)[C@H]3O)O[C@@H]7CO)O[C@@H]6CO)O[C@@H]5CO)O[C@@H]2CO)[C@H](O)[C@@H](O)[C@H]1O. The topological polar surface area (TPSA) is 871 Å². The maximum Gasteiger partial charge on any atom is 0.187 e. The van der Waals surface area contributed by atoms with Crippen molar-refractivity contribution in [2.45, 2.75) is 338 Å². The minimum Gasteiger partial charge on any atom is -0.394 e. The van der Waals surface area contributed by atoms with Gasteiger partial charge in [-0.1, -0.05) is 0 Å². The van der Waals surface area contributed by atoms with E-state index in [2.05, 4.69) is 0 Å². The van der Waals surface area contributed by atoms with Gasteiger partial charge in [-0.2, -0.15) is 0 Å². The van der Waals surface area contributed by atoms with Crippen molar-refractivity contribution in [2.75, 3.05) is 72.7 Å². The molecule has 55 heteroatoms. The van der Waals surface area contributed by atoms with Crippen molar-refractivity contribution in [3.05, 3.63) is 0 Å². The second-order valence-electron chi connectivity index (χ2n) is 31.0. The second-order valence-corrected chi connectivity index (χ2v) is 31.0. The van der Waals surface area contributed by atoms with Gasteiger partial charge in [0.2, 0.25) is 0 Å². The van der Waals surface area contributed by atoms with Crippen molar-refractivity contribution >= 4 is 0 Å². The minimum absolute atomic E-state index is 0.932. The summed E-state index contributed by atoms with van der Waals surface area (Å²) in [6.07, 6.45) is -119. The third kappa shape index (κ3) is 19.9. The summed E-state index contributed by atoms with van der Waals surface area (Å²) in [4.78, 5) is 0. The molecule has 14 bridgehead atoms. The Bertz CT molecular complexity index is 3050. The predicted molar refractivity (Wildman–Crippen MR) is 359 cm³/mol. The summed E-state index contributed by atoms with van der Waals surface area (Å²) in [5, 5.41) is 369. The molecule has 55 atom stereocenters. The quantitative estimate of drug-likeness (QED) is 0.0571. The molecule has 0 unspecified atom stereocenters. The fourth-order valence-electron chi connectivity index (χ4n) is 16.2. The van der Waals surface area contributed by atoms with E-state index in [1.165, 1.54) is 0 Å². The van der Waals surface area contributed by atoms with E-state index in [0.29, 0.717) is 0 Å². The van der Waals surface area contributed by atoms with E-state index >= 15 is 0 Å². The van der Waals surface area contributed by atoms with Crippen molar-refractivity contribution in [3.8, 4) is 0 Å². The first-order valence-electron chi connectivity index (χ1n) is 38.7. The summed E-state index contributed by atoms with van der Waals surface area (Å²) >= 11 is 0. The van der Waals surface area contributed by atoms with Gasteiger partial charge in [0.1, 0.15) is 269 Å². The molecule has 0 amide bonds. The molecule has 25 saturated heterocycles. The molecule has 33 N–H and O–H groups in total. The van der Waals surface area contributed by atoms with E-state index in [0.717, 1.165) is 0 Å². The number of rotatable bonds is 19. The molecule has 0 aromatic rings. The van der Waals surface area contributed by atoms with Crippen LogP contribution in [0.15, 0.2) is 0 Å². The first-order chi connectivity index (χ1) is 57.5. The molecule has 25 fully saturated rings. The molecule has 25 heterocycles. The zero-order valence-electron chi connectivity index (χ0n) is 63.3. The molecule has 121 heavy (non-hydrogen) atoms. The summed E-state index contributed by atoms with van der Waals surface area (Å²) in [6, 6.07) is 0. The molecule has 25 rings (SSSR count). The number of aliphatic hydroxyl groups excluding tert-OH is 33. The highest BCUT2D eigenvalue weighted by molar-refractivity contribution is 5.04. The van der Waals surface area contributed by atoms with Crippen LogP contribution in [-0.2, 0) is 104 Å². The highest BCUT2D eigenvalue weighted by Crippen LogP contribution is 2.42. The molecule has 25 aliphatic rings. The average Bonchev–Trinajstić information content (AvgIpc) is 0.816. The highest BCUT2D eigenvalue weighted by Gasteiger charge is 2.62. The lowest BCUT2D eigenvalue weighted by molar-refractivity contribution is -0.400. The van der Waals surface area contributed by atoms with Gasteiger partial charge >= 0.3 is 0 Å². The molecular formula is C66H110O55. The summed E-state index contributed by atoms with van der Waals surface area (Å²) in [5.41, 5.74) is 0. The fourth-order valence-corrected chi connectivity index (χ4v) is 16.2. The first kappa shape index (κ1) is 97.8. The Labute approximate surface area is 681 Å². The lowest BCUT2D eigenvalue weighted by Crippen LogP contribution is -2.68. The van der Waals surface area contributed by atoms with Gasteiger partial charge in [-0.15, -0.1) is 0 Å². The van der Waals surface area contributed by atoms with Gasteiger partial charge in [-0.3, -0.25) is 0 Å². The minimum atomic E-state index is -2.49. The van der Waals surface area contributed by atoms with Crippen LogP contribution in [0.1, 0.15) is 0 Å². The van der Waals surface area contributed by atoms with Crippen LogP contribution in [0.25, 0.3) is 0 Å². The molecule has 0 aliphatic carbocycles. The number of aliphatic hydroxyl groups is 33. The van der Waals surface area contributed by atoms with E-state index in [-0.39, 0.29) is 0 Å². The van der Waals surface area contributed by atoms with Crippen LogP contribution in [0.4, 0.5) is 0 Å². The van der Waals surface area contributed by atoms with E-state index in [1.807, 2.05) is 0 Å². The Morgan fingerprint density at radius 2 is 0.331 bits per heavy atom. The first-order valence-corrected chi connectivity index (χ1v) is 38.7. The van der Waals surface area contributed by atoms with Gasteiger partial charge < -0.3 is 273 Å². The highest BCUT2D eigenvalue weighted by atomic mass is 16.8. The summed E-state index contributed by atoms with van der Waals surface area (Å²) in [6.45, 7) is -12.5. The lowest BCUT2D eigenvalue weighted by atomic mass is 9.95. The molecule has 0 radical (unpaired) electrons. The van der Waals surface area contributed by atoms with Crippen molar-refractivity contribution in [3.63, 3.8) is 0 Å². The molecule has 704 valence electrons. The molecule has 25 aliphatic heterocycles. The van der Waals surface area contributed by atoms with Crippen LogP contribution < -0.4 is 0 Å². The van der Waals surface area contributed by atoms with E-state index in [4.69, 9.17) is 104 Å². The fraction of sp³-hybridized carbons (Fsp3) is 1.00. The molecular weight excluding hydrogens is 1670 g/mol. The summed E-state index contributed by atoms with van der Waals surface area (Å²) in [5.74, 6) is 0. The zero-order chi connectivity index (χ0) is 88.1. The molecule has 0 saturated carbocycles. The maximum absolute atomic E-state index is 12.1. The van der Waals surface area contributed by atoms with Gasteiger partial charge in [0.15, 0.2) is 69.2 Å². The molecule has 0 aromatic heterocycles. The number of ether oxygens (including phenoxy) is 22. The van der Waals surface area contributed by atoms with Gasteiger partial charge in [0, 0.05) is 0 Å². The van der Waals surface area contributed by atoms with Crippen molar-refractivity contribution in [1.29, 1.82) is 0 Å². The van der Waals surface area contributed by atoms with Gasteiger partial charge in [-0.05, 0) is 0 Å². The van der Waals surface area contributed by atoms with Crippen molar-refractivity contribution < 1.29 is 273 Å². The van der Waals surface area contributed by atoms with Crippen LogP contribution in [0.2, 0.25) is 0 Å². The van der Waals surface area contributed by atoms with E-state index in [9.17, 15) is 169 Å². The second kappa shape index (κ2) is 41.9. The zero-order valence-corrected chi connectivity index (χ0v) is 63.3. The van der Waals surface area contributed by atoms with Crippen LogP contribution in [0.5, 0.6) is 0 Å². The largest absolute Gasteiger partial charge is 0.394 e. The van der Waals surface area contributed by atoms with Gasteiger partial charge in [0.25, 0.3) is 0 Å². The maximum atomic E-state index is 12.1. The predicted octanol–water partition coefficient (Wildman–Crippen LogP) is -23.9. The monoisotopic (exact) mass is 1780 g/mol. The third-order valence-corrected chi connectivity index (χ3v) is 23.2. The van der Waals surface area contributed by atoms with Gasteiger partial charge in [0.05, 0.1) is 72.7 Å². The normalized spacial score (nSPS) is 55.0. The van der Waals surface area contributed by atoms with Crippen molar-refractivity contribution in [2.24, 2.45) is 0 Å². The number of hydrogen-bond acceptors (Lipinski definition) is 55. The lowest BCUT2D eigenvalue weighted by Gasteiger charge is -2.50. The molecule has 0 aromatic carbocycles. The third-order valence-electron chi connectivity index (χ3n) is 23.2. The Morgan fingerprint density at radius 1 is 0.149 bits per heavy atom. The van der Waals surface area contributed by atoms with Crippen LogP contribution >= 0.6 is 0 Å². The number of hydrogen-bond donors (Lipinski definition) is 33. The van der Waals surface area contributed by atoms with Crippen molar-refractivity contribution in [1.82, 2.24) is 0 Å². The Balaban J connectivity index is 0.829. The standard InChI is InChI=1S/C66H110O55/c67-1-12-23(76)25(78)36(89)58(102-12)113-47-14(3-69)104-56(38(91)27(47)80)100-10-21-54-35(88)46(99)66(112-21)119-53-20(9-75)108-62(42(95)31(53)84)117-51-18(7-73)110-64(44(97)33(51)86)121-55-22(11-101-57-39(92)28(81)48(15(4-70)105-57)114-59-37(90)26(79)24(77)13(2-68)103-59)111-65(45(98)34(55)87)118-52-19(8-74)107-61(41(94)30(52)83)115-49-16(5-71)106-60(40(93)29(49)82)116-50-17(6-72)109-63(120-54)43(96)32(50)85/h12-99H,1-11H2/t12-,13-,14-,15-,16-,17-,18-,19-,20-,21-,22-,23+,24+,25+,26+,27-,28-,29-,30-,31-,32-,33-,34-,35-,36-,37-,38-,39-,40-,41-,42+,43-,44+,45-,46-,47-,48-,49-,50-,51-,52-,53-,54-,55-,56-,57-,58+,59+,60-,61-,62-,63-,64-,65-,66-/m1/s1. The van der Waals surface area contributed by atoms with Crippen LogP contribution in [-0.4, -0.2) is 579 Å². The summed E-state index contributed by atoms with van der Waals surface area (Å²) in [7, 11) is 0. The molecule has 0 spiro atoms. The average molecular weight is 1780 g/mol. The van der Waals surface area contributed by atoms with Gasteiger partial charge in [-0.25, -0.2) is 0 Å². The Morgan fingerprint density at radius 3 is 0.537 bits per heavy atom. The Hall–Kier alpha value is -2.20. The van der Waals surface area contributed by atoms with Crippen LogP contribution in [0.3, 0.4) is 0 Å². The van der Waals surface area contributed by atoms with Crippen LogP contribution in [0, 0.1) is 0 Å². The summed E-state index contributed by atoms with van der Waals surface area (Å²) < 4.78 is 127. The Kier molecular flexibility index (Phi) is 33.9. The molecule has 55 nitrogen and oxygen atoms in total. The van der Waals surface area contributed by atoms with E-state index in [1.54, 1.807) is 0 Å².